The fourth-order valence-corrected chi connectivity index (χ4v) is 2.59. The molecule has 1 saturated heterocycles. The van der Waals surface area contributed by atoms with E-state index in [1.54, 1.807) is 0 Å². The first-order valence-corrected chi connectivity index (χ1v) is 7.15. The molecule has 1 fully saturated rings. The molecule has 0 aromatic carbocycles. The van der Waals surface area contributed by atoms with Crippen LogP contribution in [0, 0.1) is 11.3 Å². The first-order valence-electron chi connectivity index (χ1n) is 7.15. The van der Waals surface area contributed by atoms with Crippen LogP contribution in [0.25, 0.3) is 0 Å². The van der Waals surface area contributed by atoms with Crippen molar-refractivity contribution in [3.05, 3.63) is 0 Å². The van der Waals surface area contributed by atoms with Crippen LogP contribution in [-0.4, -0.2) is 36.1 Å². The van der Waals surface area contributed by atoms with Crippen molar-refractivity contribution >= 4 is 11.9 Å². The number of rotatable bonds is 6. The van der Waals surface area contributed by atoms with Gasteiger partial charge in [-0.05, 0) is 31.7 Å². The fourth-order valence-electron chi connectivity index (χ4n) is 2.59. The summed E-state index contributed by atoms with van der Waals surface area (Å²) in [6.45, 7) is 7.54. The largest absolute Gasteiger partial charge is 0.481 e. The fraction of sp³-hybridized carbons (Fsp3) is 0.857. The van der Waals surface area contributed by atoms with E-state index in [0.717, 1.165) is 25.8 Å². The summed E-state index contributed by atoms with van der Waals surface area (Å²) in [5.74, 6) is -0.751. The van der Waals surface area contributed by atoms with E-state index in [0.29, 0.717) is 6.54 Å². The Labute approximate surface area is 115 Å². The van der Waals surface area contributed by atoms with Crippen LogP contribution in [0.2, 0.25) is 0 Å². The van der Waals surface area contributed by atoms with Crippen LogP contribution in [0.1, 0.15) is 46.5 Å². The Morgan fingerprint density at radius 1 is 1.42 bits per heavy atom. The van der Waals surface area contributed by atoms with Gasteiger partial charge in [-0.1, -0.05) is 20.8 Å². The molecule has 1 amide bonds. The molecule has 5 nitrogen and oxygen atoms in total. The molecule has 1 heterocycles. The quantitative estimate of drug-likeness (QED) is 0.681. The monoisotopic (exact) mass is 270 g/mol. The number of hydrogen-bond acceptors (Lipinski definition) is 3. The Hall–Kier alpha value is -1.10. The summed E-state index contributed by atoms with van der Waals surface area (Å²) in [6, 6.07) is -0.296. The van der Waals surface area contributed by atoms with Crippen molar-refractivity contribution in [2.75, 3.05) is 13.1 Å². The van der Waals surface area contributed by atoms with Gasteiger partial charge >= 0.3 is 5.97 Å². The number of carboxylic acid groups (broad SMARTS) is 1. The maximum atomic E-state index is 12.5. The molecule has 0 saturated carbocycles. The van der Waals surface area contributed by atoms with Crippen molar-refractivity contribution < 1.29 is 14.7 Å². The summed E-state index contributed by atoms with van der Waals surface area (Å²) in [6.07, 6.45) is 2.63. The van der Waals surface area contributed by atoms with Gasteiger partial charge in [0.05, 0.1) is 11.8 Å². The lowest BCUT2D eigenvalue weighted by Crippen LogP contribution is -2.53. The number of piperidine rings is 1. The van der Waals surface area contributed by atoms with Crippen molar-refractivity contribution in [1.82, 2.24) is 10.6 Å². The summed E-state index contributed by atoms with van der Waals surface area (Å²) in [4.78, 5) is 23.4. The number of hydrogen-bond donors (Lipinski definition) is 3. The van der Waals surface area contributed by atoms with Gasteiger partial charge in [0.1, 0.15) is 0 Å². The van der Waals surface area contributed by atoms with E-state index < -0.39 is 5.97 Å². The lowest BCUT2D eigenvalue weighted by molar-refractivity contribution is -0.139. The highest BCUT2D eigenvalue weighted by Crippen LogP contribution is 2.30. The average Bonchev–Trinajstić information content (AvgIpc) is 2.38. The van der Waals surface area contributed by atoms with Gasteiger partial charge in [0, 0.05) is 12.6 Å². The molecule has 0 bridgehead atoms. The third-order valence-electron chi connectivity index (χ3n) is 4.15. The molecule has 0 radical (unpaired) electrons. The van der Waals surface area contributed by atoms with Crippen LogP contribution in [0.15, 0.2) is 0 Å². The molecule has 110 valence electrons. The van der Waals surface area contributed by atoms with Gasteiger partial charge in [0.25, 0.3) is 0 Å². The van der Waals surface area contributed by atoms with Crippen molar-refractivity contribution in [3.63, 3.8) is 0 Å². The average molecular weight is 270 g/mol. The number of amides is 1. The second-order valence-electron chi connectivity index (χ2n) is 5.84. The Balaban J connectivity index is 2.71. The molecule has 1 rings (SSSR count). The Bertz CT molecular complexity index is 323. The maximum absolute atomic E-state index is 12.5. The van der Waals surface area contributed by atoms with Gasteiger partial charge in [-0.15, -0.1) is 0 Å². The normalized spacial score (nSPS) is 25.1. The van der Waals surface area contributed by atoms with Crippen molar-refractivity contribution in [1.29, 1.82) is 0 Å². The predicted octanol–water partition coefficient (Wildman–Crippen LogP) is 1.38. The second kappa shape index (κ2) is 6.89. The molecule has 2 unspecified atom stereocenters. The number of nitrogens with one attached hydrogen (secondary N) is 2. The third-order valence-corrected chi connectivity index (χ3v) is 4.15. The van der Waals surface area contributed by atoms with Crippen LogP contribution < -0.4 is 10.6 Å². The Kier molecular flexibility index (Phi) is 5.79. The zero-order chi connectivity index (χ0) is 14.5. The van der Waals surface area contributed by atoms with Gasteiger partial charge < -0.3 is 15.7 Å². The van der Waals surface area contributed by atoms with Crippen LogP contribution in [0.5, 0.6) is 0 Å². The molecule has 0 aromatic heterocycles. The highest BCUT2D eigenvalue weighted by molar-refractivity contribution is 5.83. The zero-order valence-electron chi connectivity index (χ0n) is 12.2. The molecule has 0 aliphatic carbocycles. The van der Waals surface area contributed by atoms with E-state index in [2.05, 4.69) is 10.6 Å². The summed E-state index contributed by atoms with van der Waals surface area (Å²) >= 11 is 0. The van der Waals surface area contributed by atoms with E-state index in [-0.39, 0.29) is 29.7 Å². The number of carbonyl (C=O) groups excluding carboxylic acids is 1. The SMILES string of the molecule is CCC1(C(=O)NC(CC(=O)O)C(C)C)CCCNC1. The van der Waals surface area contributed by atoms with E-state index >= 15 is 0 Å². The highest BCUT2D eigenvalue weighted by Gasteiger charge is 2.39. The minimum Gasteiger partial charge on any atom is -0.481 e. The van der Waals surface area contributed by atoms with Gasteiger partial charge in [-0.25, -0.2) is 0 Å². The lowest BCUT2D eigenvalue weighted by Gasteiger charge is -2.37. The Morgan fingerprint density at radius 2 is 2.11 bits per heavy atom. The standard InChI is InChI=1S/C14H26N2O3/c1-4-14(6-5-7-15-9-14)13(19)16-11(10(2)3)8-12(17)18/h10-11,15H,4-9H2,1-3H3,(H,16,19)(H,17,18). The van der Waals surface area contributed by atoms with E-state index in [1.165, 1.54) is 0 Å². The predicted molar refractivity (Wildman–Crippen MR) is 73.8 cm³/mol. The molecule has 19 heavy (non-hydrogen) atoms. The van der Waals surface area contributed by atoms with E-state index in [9.17, 15) is 9.59 Å². The first-order chi connectivity index (χ1) is 8.91. The topological polar surface area (TPSA) is 78.4 Å². The lowest BCUT2D eigenvalue weighted by atomic mass is 9.77. The molecular weight excluding hydrogens is 244 g/mol. The van der Waals surface area contributed by atoms with Gasteiger partial charge in [0.15, 0.2) is 0 Å². The van der Waals surface area contributed by atoms with Gasteiger partial charge in [-0.3, -0.25) is 9.59 Å². The molecule has 1 aliphatic heterocycles. The van der Waals surface area contributed by atoms with Crippen molar-refractivity contribution in [2.24, 2.45) is 11.3 Å². The summed E-state index contributed by atoms with van der Waals surface area (Å²) in [5.41, 5.74) is -0.371. The minimum atomic E-state index is -0.869. The molecule has 3 N–H and O–H groups in total. The van der Waals surface area contributed by atoms with Crippen LogP contribution in [-0.2, 0) is 9.59 Å². The highest BCUT2D eigenvalue weighted by atomic mass is 16.4. The smallest absolute Gasteiger partial charge is 0.305 e. The Morgan fingerprint density at radius 3 is 2.53 bits per heavy atom. The van der Waals surface area contributed by atoms with Crippen LogP contribution in [0.3, 0.4) is 0 Å². The maximum Gasteiger partial charge on any atom is 0.305 e. The molecule has 0 aromatic rings. The van der Waals surface area contributed by atoms with E-state index in [4.69, 9.17) is 5.11 Å². The molecule has 0 spiro atoms. The third kappa shape index (κ3) is 4.20. The van der Waals surface area contributed by atoms with Crippen molar-refractivity contribution in [2.45, 2.75) is 52.5 Å². The van der Waals surface area contributed by atoms with E-state index in [1.807, 2.05) is 20.8 Å². The van der Waals surface area contributed by atoms with Crippen LogP contribution >= 0.6 is 0 Å². The summed E-state index contributed by atoms with van der Waals surface area (Å²) in [5, 5.41) is 15.1. The summed E-state index contributed by atoms with van der Waals surface area (Å²) < 4.78 is 0. The number of aliphatic carboxylic acids is 1. The second-order valence-corrected chi connectivity index (χ2v) is 5.84. The van der Waals surface area contributed by atoms with Gasteiger partial charge in [-0.2, -0.15) is 0 Å². The first kappa shape index (κ1) is 16.0. The molecule has 1 aliphatic rings. The molecular formula is C14H26N2O3. The number of carbonyl (C=O) groups is 2. The van der Waals surface area contributed by atoms with Gasteiger partial charge in [0.2, 0.25) is 5.91 Å². The number of carboxylic acids is 1. The van der Waals surface area contributed by atoms with Crippen LogP contribution in [0.4, 0.5) is 0 Å². The zero-order valence-corrected chi connectivity index (χ0v) is 12.2. The van der Waals surface area contributed by atoms with Crippen molar-refractivity contribution in [3.8, 4) is 0 Å². The molecule has 5 heteroatoms. The molecule has 2 atom stereocenters. The minimum absolute atomic E-state index is 0.00199. The summed E-state index contributed by atoms with van der Waals surface area (Å²) in [7, 11) is 0.